The normalized spacial score (nSPS) is 32.1. The molecule has 0 radical (unpaired) electrons. The van der Waals surface area contributed by atoms with Crippen molar-refractivity contribution in [3.63, 3.8) is 0 Å². The van der Waals surface area contributed by atoms with Crippen LogP contribution in [0.5, 0.6) is 0 Å². The number of methoxy groups -OCH3 is 2. The zero-order valence-corrected chi connectivity index (χ0v) is 17.3. The Morgan fingerprint density at radius 3 is 2.28 bits per heavy atom. The monoisotopic (exact) mass is 423 g/mol. The molecule has 1 heterocycles. The van der Waals surface area contributed by atoms with E-state index in [2.05, 4.69) is 0 Å². The molecule has 0 amide bonds. The number of hydrogen-bond acceptors (Lipinski definition) is 9. The van der Waals surface area contributed by atoms with Gasteiger partial charge in [-0.2, -0.15) is 0 Å². The predicted octanol–water partition coefficient (Wildman–Crippen LogP) is 2.28. The largest absolute Gasteiger partial charge is 0.465 e. The van der Waals surface area contributed by atoms with Gasteiger partial charge in [-0.1, -0.05) is 0 Å². The number of ether oxygens (including phenoxy) is 3. The Bertz CT molecular complexity index is 862. The zero-order chi connectivity index (χ0) is 21.0. The Morgan fingerprint density at radius 1 is 1.10 bits per heavy atom. The van der Waals surface area contributed by atoms with Crippen LogP contribution in [0.2, 0.25) is 0 Å². The summed E-state index contributed by atoms with van der Waals surface area (Å²) in [4.78, 5) is 37.5. The number of carbonyl (C=O) groups is 3. The Morgan fingerprint density at radius 2 is 1.72 bits per heavy atom. The second-order valence-corrected chi connectivity index (χ2v) is 9.73. The fourth-order valence-corrected chi connectivity index (χ4v) is 6.93. The highest BCUT2D eigenvalue weighted by Crippen LogP contribution is 2.62. The van der Waals surface area contributed by atoms with Gasteiger partial charge >= 0.3 is 17.9 Å². The van der Waals surface area contributed by atoms with E-state index >= 15 is 0 Å². The van der Waals surface area contributed by atoms with Crippen LogP contribution in [0, 0.1) is 17.3 Å². The maximum atomic E-state index is 13.1. The van der Waals surface area contributed by atoms with E-state index in [9.17, 15) is 19.5 Å². The van der Waals surface area contributed by atoms with Crippen molar-refractivity contribution >= 4 is 34.2 Å². The van der Waals surface area contributed by atoms with E-state index < -0.39 is 23.0 Å². The van der Waals surface area contributed by atoms with Crippen molar-refractivity contribution in [1.29, 1.82) is 0 Å². The Hall–Kier alpha value is -2.13. The van der Waals surface area contributed by atoms with Crippen molar-refractivity contribution in [1.82, 2.24) is 0 Å². The average Bonchev–Trinajstić information content (AvgIpc) is 2.99. The molecule has 4 saturated carbocycles. The van der Waals surface area contributed by atoms with Crippen LogP contribution in [-0.4, -0.2) is 42.8 Å². The summed E-state index contributed by atoms with van der Waals surface area (Å²) >= 11 is 0.899. The van der Waals surface area contributed by atoms with Crippen LogP contribution in [0.3, 0.4) is 0 Å². The van der Waals surface area contributed by atoms with Crippen molar-refractivity contribution in [2.75, 3.05) is 20.0 Å². The molecule has 0 unspecified atom stereocenters. The lowest BCUT2D eigenvalue weighted by Crippen LogP contribution is -2.58. The molecule has 4 aliphatic carbocycles. The minimum atomic E-state index is -0.787. The molecule has 4 fully saturated rings. The predicted molar refractivity (Wildman–Crippen MR) is 103 cm³/mol. The lowest BCUT2D eigenvalue weighted by atomic mass is 9.48. The van der Waals surface area contributed by atoms with Crippen LogP contribution in [0.25, 0.3) is 0 Å². The maximum Gasteiger partial charge on any atom is 0.348 e. The molecule has 5 rings (SSSR count). The molecular formula is C20H25NO7S. The van der Waals surface area contributed by atoms with E-state index in [1.54, 1.807) is 0 Å². The van der Waals surface area contributed by atoms with Gasteiger partial charge in [0.15, 0.2) is 0 Å². The first-order chi connectivity index (χ1) is 13.7. The molecule has 2 atom stereocenters. The molecule has 4 aliphatic rings. The highest BCUT2D eigenvalue weighted by molar-refractivity contribution is 7.18. The van der Waals surface area contributed by atoms with Gasteiger partial charge in [0.25, 0.3) is 0 Å². The third kappa shape index (κ3) is 3.30. The number of esters is 3. The summed E-state index contributed by atoms with van der Waals surface area (Å²) in [6.45, 7) is -0.281. The minimum Gasteiger partial charge on any atom is -0.465 e. The second kappa shape index (κ2) is 6.98. The van der Waals surface area contributed by atoms with E-state index in [0.717, 1.165) is 30.6 Å². The molecular weight excluding hydrogens is 398 g/mol. The number of rotatable bonds is 5. The van der Waals surface area contributed by atoms with Crippen LogP contribution in [0.1, 0.15) is 64.1 Å². The third-order valence-corrected chi connectivity index (χ3v) is 7.65. The molecule has 0 aliphatic heterocycles. The quantitative estimate of drug-likeness (QED) is 0.546. The van der Waals surface area contributed by atoms with E-state index in [1.165, 1.54) is 14.2 Å². The number of hydrogen-bond donors (Lipinski definition) is 2. The first-order valence-corrected chi connectivity index (χ1v) is 10.5. The Labute approximate surface area is 172 Å². The smallest absolute Gasteiger partial charge is 0.348 e. The SMILES string of the molecule is COC(=O)c1sc(N)c(C(=O)OC)c1COC(=O)C12C[C@H]3C[C@@H](CC(O)(C3)C1)C2. The maximum absolute atomic E-state index is 13.1. The lowest BCUT2D eigenvalue weighted by Gasteiger charge is -2.58. The third-order valence-electron chi connectivity index (χ3n) is 6.61. The van der Waals surface area contributed by atoms with Gasteiger partial charge < -0.3 is 25.1 Å². The Balaban J connectivity index is 1.58. The van der Waals surface area contributed by atoms with Gasteiger partial charge in [0, 0.05) is 5.56 Å². The fraction of sp³-hybridized carbons (Fsp3) is 0.650. The van der Waals surface area contributed by atoms with Gasteiger partial charge in [-0.3, -0.25) is 4.79 Å². The Kier molecular flexibility index (Phi) is 4.85. The van der Waals surface area contributed by atoms with Gasteiger partial charge in [0.1, 0.15) is 22.0 Å². The summed E-state index contributed by atoms with van der Waals surface area (Å²) in [7, 11) is 2.44. The van der Waals surface area contributed by atoms with Crippen LogP contribution in [0.15, 0.2) is 0 Å². The number of carbonyl (C=O) groups excluding carboxylic acids is 3. The van der Waals surface area contributed by atoms with E-state index in [1.807, 2.05) is 0 Å². The van der Waals surface area contributed by atoms with Gasteiger partial charge in [0.05, 0.1) is 25.2 Å². The molecule has 1 aromatic rings. The van der Waals surface area contributed by atoms with Crippen molar-refractivity contribution in [2.45, 2.75) is 50.7 Å². The van der Waals surface area contributed by atoms with Gasteiger partial charge in [-0.25, -0.2) is 9.59 Å². The summed E-state index contributed by atoms with van der Waals surface area (Å²) in [6, 6.07) is 0. The zero-order valence-electron chi connectivity index (χ0n) is 16.5. The van der Waals surface area contributed by atoms with E-state index in [4.69, 9.17) is 19.9 Å². The number of thiophene rings is 1. The summed E-state index contributed by atoms with van der Waals surface area (Å²) in [5.41, 5.74) is 4.65. The fourth-order valence-electron chi connectivity index (χ4n) is 5.95. The molecule has 1 aromatic heterocycles. The molecule has 3 N–H and O–H groups in total. The molecule has 29 heavy (non-hydrogen) atoms. The molecule has 0 saturated heterocycles. The summed E-state index contributed by atoms with van der Waals surface area (Å²) < 4.78 is 15.2. The number of nitrogens with two attached hydrogens (primary N) is 1. The van der Waals surface area contributed by atoms with E-state index in [0.29, 0.717) is 31.1 Å². The first kappa shape index (κ1) is 20.2. The topological polar surface area (TPSA) is 125 Å². The molecule has 158 valence electrons. The van der Waals surface area contributed by atoms with Crippen molar-refractivity contribution < 1.29 is 33.7 Å². The molecule has 9 heteroatoms. The van der Waals surface area contributed by atoms with E-state index in [-0.39, 0.29) is 33.6 Å². The van der Waals surface area contributed by atoms with Crippen molar-refractivity contribution in [2.24, 2.45) is 17.3 Å². The van der Waals surface area contributed by atoms with Crippen LogP contribution in [0.4, 0.5) is 5.00 Å². The van der Waals surface area contributed by atoms with Gasteiger partial charge in [-0.05, 0) is 50.4 Å². The van der Waals surface area contributed by atoms with Gasteiger partial charge in [0.2, 0.25) is 0 Å². The van der Waals surface area contributed by atoms with Crippen LogP contribution in [-0.2, 0) is 25.6 Å². The standard InChI is InChI=1S/C20H25NO7S/c1-26-16(22)13-12(14(17(23)27-2)29-15(13)21)8-28-18(24)19-4-10-3-11(5-19)7-20(25,6-10)9-19/h10-11,25H,3-9,21H2,1-2H3/t10-,11-,19?,20?/m1/s1. The first-order valence-electron chi connectivity index (χ1n) is 9.67. The summed E-state index contributed by atoms with van der Waals surface area (Å²) in [5, 5.41) is 11.0. The minimum absolute atomic E-state index is 0.0230. The summed E-state index contributed by atoms with van der Waals surface area (Å²) in [6.07, 6.45) is 4.38. The lowest BCUT2D eigenvalue weighted by molar-refractivity contribution is -0.197. The number of aliphatic hydroxyl groups is 1. The second-order valence-electron chi connectivity index (χ2n) is 8.67. The van der Waals surface area contributed by atoms with Crippen LogP contribution >= 0.6 is 11.3 Å². The molecule has 0 spiro atoms. The van der Waals surface area contributed by atoms with Gasteiger partial charge in [-0.15, -0.1) is 11.3 Å². The molecule has 0 aromatic carbocycles. The highest BCUT2D eigenvalue weighted by Gasteiger charge is 2.60. The average molecular weight is 423 g/mol. The van der Waals surface area contributed by atoms with Crippen molar-refractivity contribution in [3.05, 3.63) is 16.0 Å². The number of nitrogen functional groups attached to an aromatic ring is 1. The van der Waals surface area contributed by atoms with Crippen molar-refractivity contribution in [3.8, 4) is 0 Å². The number of anilines is 1. The summed E-state index contributed by atoms with van der Waals surface area (Å²) in [5.74, 6) is -1.08. The molecule has 4 bridgehead atoms. The highest BCUT2D eigenvalue weighted by atomic mass is 32.1. The molecule has 8 nitrogen and oxygen atoms in total. The van der Waals surface area contributed by atoms with Crippen LogP contribution < -0.4 is 5.73 Å².